The number of sulfonamides is 1. The molecular formula is C22H20N4O2S. The van der Waals surface area contributed by atoms with E-state index in [1.807, 2.05) is 66.9 Å². The standard InChI is InChI=1S/C22H20N4O2S/c27-29(28,22-12-6-10-17-7-4-5-11-20(17)22)25-14-13-19(15-25)26-16-21(23-24-26)18-8-2-1-3-9-18/h1-12,16,19H,13-15H2/t19-/m0/s1. The van der Waals surface area contributed by atoms with E-state index in [-0.39, 0.29) is 6.04 Å². The first kappa shape index (κ1) is 18.0. The van der Waals surface area contributed by atoms with E-state index in [4.69, 9.17) is 0 Å². The van der Waals surface area contributed by atoms with E-state index in [0.29, 0.717) is 24.4 Å². The fourth-order valence-corrected chi connectivity index (χ4v) is 5.61. The van der Waals surface area contributed by atoms with Crippen LogP contribution in [-0.4, -0.2) is 40.8 Å². The van der Waals surface area contributed by atoms with Crippen molar-refractivity contribution in [2.45, 2.75) is 17.4 Å². The van der Waals surface area contributed by atoms with E-state index in [9.17, 15) is 8.42 Å². The van der Waals surface area contributed by atoms with Crippen molar-refractivity contribution < 1.29 is 8.42 Å². The topological polar surface area (TPSA) is 68.1 Å². The van der Waals surface area contributed by atoms with Crippen molar-refractivity contribution in [1.29, 1.82) is 0 Å². The molecule has 0 radical (unpaired) electrons. The molecule has 6 nitrogen and oxygen atoms in total. The molecule has 1 saturated heterocycles. The Morgan fingerprint density at radius 3 is 2.52 bits per heavy atom. The molecule has 0 saturated carbocycles. The van der Waals surface area contributed by atoms with Crippen molar-refractivity contribution in [2.24, 2.45) is 0 Å². The molecule has 1 aliphatic heterocycles. The van der Waals surface area contributed by atoms with Gasteiger partial charge in [-0.05, 0) is 17.9 Å². The van der Waals surface area contributed by atoms with Crippen molar-refractivity contribution in [3.8, 4) is 11.3 Å². The van der Waals surface area contributed by atoms with Crippen LogP contribution in [0.15, 0.2) is 83.9 Å². The molecule has 0 unspecified atom stereocenters. The second-order valence-corrected chi connectivity index (χ2v) is 9.14. The fraction of sp³-hybridized carbons (Fsp3) is 0.182. The van der Waals surface area contributed by atoms with Crippen LogP contribution in [0, 0.1) is 0 Å². The normalized spacial score (nSPS) is 17.7. The number of hydrogen-bond acceptors (Lipinski definition) is 4. The van der Waals surface area contributed by atoms with Crippen LogP contribution in [0.25, 0.3) is 22.0 Å². The molecule has 0 N–H and O–H groups in total. The summed E-state index contributed by atoms with van der Waals surface area (Å²) in [7, 11) is -3.58. The summed E-state index contributed by atoms with van der Waals surface area (Å²) in [6, 6.07) is 22.8. The van der Waals surface area contributed by atoms with Gasteiger partial charge in [-0.3, -0.25) is 0 Å². The highest BCUT2D eigenvalue weighted by Gasteiger charge is 2.34. The Labute approximate surface area is 169 Å². The maximum atomic E-state index is 13.3. The van der Waals surface area contributed by atoms with Gasteiger partial charge in [0.1, 0.15) is 5.69 Å². The van der Waals surface area contributed by atoms with Crippen molar-refractivity contribution in [3.63, 3.8) is 0 Å². The van der Waals surface area contributed by atoms with Gasteiger partial charge in [0.15, 0.2) is 0 Å². The van der Waals surface area contributed by atoms with Gasteiger partial charge in [0, 0.05) is 24.0 Å². The van der Waals surface area contributed by atoms with Crippen LogP contribution in [0.3, 0.4) is 0 Å². The quantitative estimate of drug-likeness (QED) is 0.520. The highest BCUT2D eigenvalue weighted by Crippen LogP contribution is 2.31. The second kappa shape index (κ2) is 7.09. The summed E-state index contributed by atoms with van der Waals surface area (Å²) < 4.78 is 30.0. The van der Waals surface area contributed by atoms with Gasteiger partial charge in [0.25, 0.3) is 0 Å². The average Bonchev–Trinajstić information content (AvgIpc) is 3.44. The lowest BCUT2D eigenvalue weighted by Crippen LogP contribution is -2.29. The Balaban J connectivity index is 1.41. The largest absolute Gasteiger partial charge is 0.247 e. The van der Waals surface area contributed by atoms with Gasteiger partial charge in [-0.2, -0.15) is 4.31 Å². The molecule has 0 amide bonds. The van der Waals surface area contributed by atoms with Crippen LogP contribution >= 0.6 is 0 Å². The summed E-state index contributed by atoms with van der Waals surface area (Å²) in [5, 5.41) is 10.2. The SMILES string of the molecule is O=S(=O)(c1cccc2ccccc12)N1CC[C@H](n2cc(-c3ccccc3)nn2)C1. The highest BCUT2D eigenvalue weighted by atomic mass is 32.2. The number of benzene rings is 3. The van der Waals surface area contributed by atoms with Crippen LogP contribution in [0.4, 0.5) is 0 Å². The summed E-state index contributed by atoms with van der Waals surface area (Å²) in [5.41, 5.74) is 1.79. The lowest BCUT2D eigenvalue weighted by atomic mass is 10.1. The minimum atomic E-state index is -3.58. The monoisotopic (exact) mass is 404 g/mol. The number of aromatic nitrogens is 3. The molecule has 146 valence electrons. The molecule has 0 bridgehead atoms. The van der Waals surface area contributed by atoms with Crippen LogP contribution in [-0.2, 0) is 10.0 Å². The van der Waals surface area contributed by atoms with E-state index in [1.54, 1.807) is 21.1 Å². The summed E-state index contributed by atoms with van der Waals surface area (Å²) in [6.07, 6.45) is 2.61. The van der Waals surface area contributed by atoms with Crippen LogP contribution in [0.5, 0.6) is 0 Å². The zero-order chi connectivity index (χ0) is 19.8. The molecule has 1 aromatic heterocycles. The Morgan fingerprint density at radius 1 is 0.897 bits per heavy atom. The Hall–Kier alpha value is -3.03. The molecule has 4 aromatic rings. The predicted molar refractivity (Wildman–Crippen MR) is 112 cm³/mol. The molecule has 5 rings (SSSR count). The van der Waals surface area contributed by atoms with E-state index < -0.39 is 10.0 Å². The summed E-state index contributed by atoms with van der Waals surface area (Å²) in [6.45, 7) is 0.861. The maximum absolute atomic E-state index is 13.3. The van der Waals surface area contributed by atoms with Crippen molar-refractivity contribution >= 4 is 20.8 Å². The van der Waals surface area contributed by atoms with Gasteiger partial charge in [0.05, 0.1) is 17.1 Å². The summed E-state index contributed by atoms with van der Waals surface area (Å²) >= 11 is 0. The van der Waals surface area contributed by atoms with Gasteiger partial charge in [-0.1, -0.05) is 71.9 Å². The van der Waals surface area contributed by atoms with E-state index in [2.05, 4.69) is 10.3 Å². The van der Waals surface area contributed by atoms with Gasteiger partial charge in [0.2, 0.25) is 10.0 Å². The summed E-state index contributed by atoms with van der Waals surface area (Å²) in [5.74, 6) is 0. The van der Waals surface area contributed by atoms with Gasteiger partial charge < -0.3 is 0 Å². The zero-order valence-electron chi connectivity index (χ0n) is 15.7. The molecular weight excluding hydrogens is 384 g/mol. The van der Waals surface area contributed by atoms with Gasteiger partial charge >= 0.3 is 0 Å². The van der Waals surface area contributed by atoms with Gasteiger partial charge in [-0.25, -0.2) is 13.1 Å². The van der Waals surface area contributed by atoms with Crippen LogP contribution in [0.1, 0.15) is 12.5 Å². The highest BCUT2D eigenvalue weighted by molar-refractivity contribution is 7.89. The summed E-state index contributed by atoms with van der Waals surface area (Å²) in [4.78, 5) is 0.361. The lowest BCUT2D eigenvalue weighted by molar-refractivity contribution is 0.428. The molecule has 2 heterocycles. The van der Waals surface area contributed by atoms with Crippen LogP contribution in [0.2, 0.25) is 0 Å². The first-order valence-corrected chi connectivity index (χ1v) is 11.0. The average molecular weight is 404 g/mol. The number of rotatable bonds is 4. The van der Waals surface area contributed by atoms with Crippen molar-refractivity contribution in [2.75, 3.05) is 13.1 Å². The Morgan fingerprint density at radius 2 is 1.66 bits per heavy atom. The smallest absolute Gasteiger partial charge is 0.243 e. The lowest BCUT2D eigenvalue weighted by Gasteiger charge is -2.18. The third-order valence-electron chi connectivity index (χ3n) is 5.45. The maximum Gasteiger partial charge on any atom is 0.243 e. The minimum absolute atomic E-state index is 0.0234. The molecule has 1 atom stereocenters. The number of nitrogens with zero attached hydrogens (tertiary/aromatic N) is 4. The Kier molecular flexibility index (Phi) is 4.41. The zero-order valence-corrected chi connectivity index (χ0v) is 16.5. The number of hydrogen-bond donors (Lipinski definition) is 0. The minimum Gasteiger partial charge on any atom is -0.247 e. The first-order valence-electron chi connectivity index (χ1n) is 9.58. The molecule has 0 aliphatic carbocycles. The molecule has 1 fully saturated rings. The molecule has 3 aromatic carbocycles. The van der Waals surface area contributed by atoms with E-state index >= 15 is 0 Å². The molecule has 1 aliphatic rings. The first-order chi connectivity index (χ1) is 14.1. The Bertz CT molecular complexity index is 1260. The van der Waals surface area contributed by atoms with Gasteiger partial charge in [-0.15, -0.1) is 5.10 Å². The second-order valence-electron chi connectivity index (χ2n) is 7.23. The van der Waals surface area contributed by atoms with E-state index in [0.717, 1.165) is 22.0 Å². The third kappa shape index (κ3) is 3.22. The fourth-order valence-electron chi connectivity index (χ4n) is 3.90. The molecule has 29 heavy (non-hydrogen) atoms. The molecule has 7 heteroatoms. The van der Waals surface area contributed by atoms with E-state index in [1.165, 1.54) is 0 Å². The van der Waals surface area contributed by atoms with Crippen molar-refractivity contribution in [3.05, 3.63) is 79.0 Å². The van der Waals surface area contributed by atoms with Crippen LogP contribution < -0.4 is 0 Å². The molecule has 0 spiro atoms. The predicted octanol–water partition coefficient (Wildman–Crippen LogP) is 3.73. The third-order valence-corrected chi connectivity index (χ3v) is 7.37. The van der Waals surface area contributed by atoms with Crippen molar-refractivity contribution in [1.82, 2.24) is 19.3 Å². The number of fused-ring (bicyclic) bond motifs is 1.